The topological polar surface area (TPSA) is 105 Å². The number of fused-ring (bicyclic) bond motifs is 3. The molecule has 3 aromatic heterocycles. The molecule has 8 nitrogen and oxygen atoms in total. The number of carboxylic acid groups (broad SMARTS) is 1. The quantitative estimate of drug-likeness (QED) is 0.478. The Morgan fingerprint density at radius 1 is 1.31 bits per heavy atom. The maximum absolute atomic E-state index is 11.6. The van der Waals surface area contributed by atoms with E-state index in [9.17, 15) is 9.90 Å². The Morgan fingerprint density at radius 3 is 2.83 bits per heavy atom. The van der Waals surface area contributed by atoms with Gasteiger partial charge in [-0.1, -0.05) is 24.6 Å². The molecule has 9 heteroatoms. The lowest BCUT2D eigenvalue weighted by Crippen LogP contribution is -2.13. The first kappa shape index (κ1) is 19.1. The minimum absolute atomic E-state index is 0.122. The van der Waals surface area contributed by atoms with Crippen molar-refractivity contribution in [2.45, 2.75) is 33.2 Å². The van der Waals surface area contributed by atoms with Crippen LogP contribution in [0.5, 0.6) is 0 Å². The highest BCUT2D eigenvalue weighted by molar-refractivity contribution is 6.29. The summed E-state index contributed by atoms with van der Waals surface area (Å²) in [6.07, 6.45) is 2.40. The van der Waals surface area contributed by atoms with E-state index < -0.39 is 5.97 Å². The zero-order valence-electron chi connectivity index (χ0n) is 16.1. The van der Waals surface area contributed by atoms with Crippen LogP contribution in [0.2, 0.25) is 5.15 Å². The number of pyridine rings is 1. The number of rotatable bonds is 5. The van der Waals surface area contributed by atoms with Crippen LogP contribution in [0.3, 0.4) is 0 Å². The largest absolute Gasteiger partial charge is 0.476 e. The van der Waals surface area contributed by atoms with E-state index in [4.69, 9.17) is 16.6 Å². The van der Waals surface area contributed by atoms with Crippen molar-refractivity contribution in [3.05, 3.63) is 58.4 Å². The summed E-state index contributed by atoms with van der Waals surface area (Å²) >= 11 is 5.86. The molecule has 0 aliphatic rings. The Labute approximate surface area is 171 Å². The highest BCUT2D eigenvalue weighted by atomic mass is 35.5. The Bertz CT molecular complexity index is 1250. The van der Waals surface area contributed by atoms with Crippen molar-refractivity contribution in [3.8, 4) is 0 Å². The van der Waals surface area contributed by atoms with E-state index in [0.29, 0.717) is 5.69 Å². The average molecular weight is 411 g/mol. The molecule has 29 heavy (non-hydrogen) atoms. The molecule has 1 aromatic carbocycles. The summed E-state index contributed by atoms with van der Waals surface area (Å²) in [5.74, 6) is -0.290. The van der Waals surface area contributed by atoms with Crippen molar-refractivity contribution in [1.82, 2.24) is 24.6 Å². The fourth-order valence-corrected chi connectivity index (χ4v) is 3.65. The number of hydrogen-bond acceptors (Lipinski definition) is 6. The second-order valence-electron chi connectivity index (χ2n) is 6.86. The maximum atomic E-state index is 11.6. The molecular formula is C20H19ClN6O2. The van der Waals surface area contributed by atoms with Crippen molar-refractivity contribution < 1.29 is 9.90 Å². The van der Waals surface area contributed by atoms with Gasteiger partial charge >= 0.3 is 5.97 Å². The molecule has 0 saturated heterocycles. The molecule has 0 fully saturated rings. The van der Waals surface area contributed by atoms with Gasteiger partial charge in [0, 0.05) is 17.4 Å². The van der Waals surface area contributed by atoms with Crippen molar-refractivity contribution in [1.29, 1.82) is 0 Å². The number of halogens is 1. The van der Waals surface area contributed by atoms with Gasteiger partial charge in [-0.15, -0.1) is 10.2 Å². The number of aryl methyl sites for hydroxylation is 2. The number of hydrogen-bond donors (Lipinski definition) is 2. The highest BCUT2D eigenvalue weighted by Gasteiger charge is 2.19. The molecule has 0 bridgehead atoms. The first-order chi connectivity index (χ1) is 13.9. The van der Waals surface area contributed by atoms with E-state index in [1.807, 2.05) is 37.3 Å². The Morgan fingerprint density at radius 2 is 2.10 bits per heavy atom. The van der Waals surface area contributed by atoms with Gasteiger partial charge in [-0.25, -0.2) is 14.8 Å². The van der Waals surface area contributed by atoms with Crippen molar-refractivity contribution in [2.24, 2.45) is 0 Å². The van der Waals surface area contributed by atoms with Crippen LogP contribution in [0.15, 0.2) is 30.6 Å². The third kappa shape index (κ3) is 3.36. The van der Waals surface area contributed by atoms with Crippen LogP contribution in [-0.4, -0.2) is 35.6 Å². The third-order valence-corrected chi connectivity index (χ3v) is 5.02. The SMILES string of the molecule is CCc1nc2c([C@@H](C)Nc3ccc(Cl)nc3C(=O)O)cc(C)cc2c2nncn12. The predicted octanol–water partition coefficient (Wildman–Crippen LogP) is 4.07. The van der Waals surface area contributed by atoms with Crippen LogP contribution in [0.1, 0.15) is 47.3 Å². The molecule has 148 valence electrons. The monoisotopic (exact) mass is 410 g/mol. The summed E-state index contributed by atoms with van der Waals surface area (Å²) in [5, 5.41) is 22.1. The van der Waals surface area contributed by atoms with Gasteiger partial charge < -0.3 is 10.4 Å². The molecule has 0 amide bonds. The summed E-state index contributed by atoms with van der Waals surface area (Å²) in [6, 6.07) is 7.03. The van der Waals surface area contributed by atoms with Gasteiger partial charge in [0.25, 0.3) is 0 Å². The molecule has 4 aromatic rings. The number of benzene rings is 1. The molecule has 0 aliphatic carbocycles. The van der Waals surface area contributed by atoms with Crippen molar-refractivity contribution in [3.63, 3.8) is 0 Å². The molecule has 0 aliphatic heterocycles. The lowest BCUT2D eigenvalue weighted by Gasteiger charge is -2.20. The number of carbonyl (C=O) groups is 1. The van der Waals surface area contributed by atoms with Gasteiger partial charge in [0.15, 0.2) is 11.3 Å². The molecule has 3 heterocycles. The van der Waals surface area contributed by atoms with Gasteiger partial charge in [-0.05, 0) is 37.6 Å². The number of aromatic nitrogens is 5. The number of nitrogens with one attached hydrogen (secondary N) is 1. The van der Waals surface area contributed by atoms with Crippen molar-refractivity contribution >= 4 is 39.8 Å². The zero-order chi connectivity index (χ0) is 20.7. The van der Waals surface area contributed by atoms with Crippen LogP contribution >= 0.6 is 11.6 Å². The van der Waals surface area contributed by atoms with Crippen LogP contribution < -0.4 is 5.32 Å². The minimum atomic E-state index is -1.15. The van der Waals surface area contributed by atoms with E-state index in [1.54, 1.807) is 18.5 Å². The van der Waals surface area contributed by atoms with E-state index in [-0.39, 0.29) is 16.9 Å². The highest BCUT2D eigenvalue weighted by Crippen LogP contribution is 2.30. The molecule has 0 saturated carbocycles. The molecule has 2 N–H and O–H groups in total. The van der Waals surface area contributed by atoms with Gasteiger partial charge in [0.05, 0.1) is 17.2 Å². The lowest BCUT2D eigenvalue weighted by atomic mass is 10.0. The van der Waals surface area contributed by atoms with Crippen LogP contribution in [0, 0.1) is 6.92 Å². The van der Waals surface area contributed by atoms with Crippen molar-refractivity contribution in [2.75, 3.05) is 5.32 Å². The number of anilines is 1. The van der Waals surface area contributed by atoms with Crippen LogP contribution in [0.4, 0.5) is 5.69 Å². The van der Waals surface area contributed by atoms with Gasteiger partial charge in [0.1, 0.15) is 17.3 Å². The third-order valence-electron chi connectivity index (χ3n) is 4.81. The van der Waals surface area contributed by atoms with E-state index in [0.717, 1.165) is 39.9 Å². The molecule has 0 spiro atoms. The predicted molar refractivity (Wildman–Crippen MR) is 111 cm³/mol. The zero-order valence-corrected chi connectivity index (χ0v) is 16.9. The van der Waals surface area contributed by atoms with E-state index >= 15 is 0 Å². The second kappa shape index (κ2) is 7.29. The van der Waals surface area contributed by atoms with Gasteiger partial charge in [-0.3, -0.25) is 4.40 Å². The second-order valence-corrected chi connectivity index (χ2v) is 7.25. The number of nitrogens with zero attached hydrogens (tertiary/aromatic N) is 5. The maximum Gasteiger partial charge on any atom is 0.356 e. The molecular weight excluding hydrogens is 392 g/mol. The molecule has 1 atom stereocenters. The smallest absolute Gasteiger partial charge is 0.356 e. The normalized spacial score (nSPS) is 12.4. The van der Waals surface area contributed by atoms with Gasteiger partial charge in [-0.2, -0.15) is 0 Å². The molecule has 0 radical (unpaired) electrons. The summed E-state index contributed by atoms with van der Waals surface area (Å²) in [5.41, 5.74) is 3.82. The fraction of sp³-hybridized carbons (Fsp3) is 0.250. The van der Waals surface area contributed by atoms with Gasteiger partial charge in [0.2, 0.25) is 0 Å². The summed E-state index contributed by atoms with van der Waals surface area (Å²) < 4.78 is 1.90. The van der Waals surface area contributed by atoms with E-state index in [2.05, 4.69) is 20.5 Å². The summed E-state index contributed by atoms with van der Waals surface area (Å²) in [6.45, 7) is 5.99. The van der Waals surface area contributed by atoms with E-state index in [1.165, 1.54) is 0 Å². The first-order valence-electron chi connectivity index (χ1n) is 9.18. The Hall–Kier alpha value is -3.26. The average Bonchev–Trinajstić information content (AvgIpc) is 3.18. The molecule has 0 unspecified atom stereocenters. The first-order valence-corrected chi connectivity index (χ1v) is 9.56. The fourth-order valence-electron chi connectivity index (χ4n) is 3.50. The Kier molecular flexibility index (Phi) is 4.79. The standard InChI is InChI=1S/C20H19ClN6O2/c1-4-16-25-17-12(7-10(2)8-13(17)19-26-22-9-27(16)19)11(3)23-14-5-6-15(21)24-18(14)20(28)29/h5-9,11,23H,4H2,1-3H3,(H,28,29)/t11-/m1/s1. The molecule has 4 rings (SSSR count). The lowest BCUT2D eigenvalue weighted by molar-refractivity contribution is 0.0691. The van der Waals surface area contributed by atoms with Crippen LogP contribution in [-0.2, 0) is 6.42 Å². The number of carboxylic acids is 1. The summed E-state index contributed by atoms with van der Waals surface area (Å²) in [4.78, 5) is 20.4. The van der Waals surface area contributed by atoms with Crippen LogP contribution in [0.25, 0.3) is 16.6 Å². The minimum Gasteiger partial charge on any atom is -0.476 e. The Balaban J connectivity index is 1.87. The summed E-state index contributed by atoms with van der Waals surface area (Å²) in [7, 11) is 0. The number of aromatic carboxylic acids is 1.